The third-order valence-corrected chi connectivity index (χ3v) is 3.39. The number of nitro groups is 1. The monoisotopic (exact) mass is 267 g/mol. The Bertz CT molecular complexity index is 582. The number of aliphatic hydroxyl groups excluding tert-OH is 1. The standard InChI is InChI=1S/C11H13N3O3S/c1-7-13-9-5-8(12-3-2-4-15)10(14(16)17)6-11(9)18-7/h5-6,12,15H,2-4H2,1H3. The van der Waals surface area contributed by atoms with Gasteiger partial charge in [0.15, 0.2) is 0 Å². The van der Waals surface area contributed by atoms with Crippen molar-refractivity contribution in [3.8, 4) is 0 Å². The number of benzene rings is 1. The molecule has 0 amide bonds. The highest BCUT2D eigenvalue weighted by Crippen LogP contribution is 2.32. The third kappa shape index (κ3) is 2.57. The Morgan fingerprint density at radius 3 is 3.00 bits per heavy atom. The van der Waals surface area contributed by atoms with Crippen molar-refractivity contribution in [3.05, 3.63) is 27.3 Å². The van der Waals surface area contributed by atoms with Crippen LogP contribution in [0.3, 0.4) is 0 Å². The molecule has 0 aliphatic heterocycles. The van der Waals surface area contributed by atoms with Gasteiger partial charge in [0.25, 0.3) is 5.69 Å². The molecule has 0 unspecified atom stereocenters. The van der Waals surface area contributed by atoms with E-state index >= 15 is 0 Å². The van der Waals surface area contributed by atoms with E-state index < -0.39 is 4.92 Å². The topological polar surface area (TPSA) is 88.3 Å². The minimum atomic E-state index is -0.407. The van der Waals surface area contributed by atoms with E-state index in [2.05, 4.69) is 10.3 Å². The summed E-state index contributed by atoms with van der Waals surface area (Å²) in [6.45, 7) is 2.42. The van der Waals surface area contributed by atoms with Gasteiger partial charge >= 0.3 is 0 Å². The summed E-state index contributed by atoms with van der Waals surface area (Å²) in [5.74, 6) is 0. The largest absolute Gasteiger partial charge is 0.396 e. The first kappa shape index (κ1) is 12.7. The van der Waals surface area contributed by atoms with E-state index in [1.54, 1.807) is 12.1 Å². The van der Waals surface area contributed by atoms with Gasteiger partial charge < -0.3 is 10.4 Å². The Balaban J connectivity index is 2.40. The van der Waals surface area contributed by atoms with Crippen LogP contribution in [0.15, 0.2) is 12.1 Å². The Morgan fingerprint density at radius 1 is 1.56 bits per heavy atom. The normalized spacial score (nSPS) is 10.8. The Labute approximate surface area is 107 Å². The van der Waals surface area contributed by atoms with Crippen LogP contribution in [0.25, 0.3) is 10.2 Å². The molecule has 18 heavy (non-hydrogen) atoms. The van der Waals surface area contributed by atoms with Gasteiger partial charge in [0, 0.05) is 19.2 Å². The van der Waals surface area contributed by atoms with Crippen LogP contribution < -0.4 is 5.32 Å². The van der Waals surface area contributed by atoms with Gasteiger partial charge in [0.05, 0.1) is 20.1 Å². The lowest BCUT2D eigenvalue weighted by Gasteiger charge is -2.05. The molecule has 1 aromatic carbocycles. The minimum absolute atomic E-state index is 0.0455. The maximum atomic E-state index is 11.0. The molecule has 2 aromatic rings. The molecule has 0 bridgehead atoms. The number of nitro benzene ring substituents is 1. The van der Waals surface area contributed by atoms with Crippen LogP contribution in [-0.2, 0) is 0 Å². The number of hydrogen-bond donors (Lipinski definition) is 2. The maximum Gasteiger partial charge on any atom is 0.293 e. The zero-order chi connectivity index (χ0) is 13.1. The van der Waals surface area contributed by atoms with Gasteiger partial charge in [-0.3, -0.25) is 10.1 Å². The van der Waals surface area contributed by atoms with Gasteiger partial charge in [-0.15, -0.1) is 11.3 Å². The molecule has 0 saturated heterocycles. The van der Waals surface area contributed by atoms with E-state index in [1.165, 1.54) is 11.3 Å². The summed E-state index contributed by atoms with van der Waals surface area (Å²) in [5, 5.41) is 23.6. The number of aryl methyl sites for hydroxylation is 1. The van der Waals surface area contributed by atoms with Crippen molar-refractivity contribution in [1.82, 2.24) is 4.98 Å². The second kappa shape index (κ2) is 5.28. The van der Waals surface area contributed by atoms with E-state index in [0.29, 0.717) is 18.7 Å². The van der Waals surface area contributed by atoms with Crippen LogP contribution in [0.5, 0.6) is 0 Å². The van der Waals surface area contributed by atoms with Crippen molar-refractivity contribution < 1.29 is 10.0 Å². The van der Waals surface area contributed by atoms with E-state index in [1.807, 2.05) is 6.92 Å². The summed E-state index contributed by atoms with van der Waals surface area (Å²) in [6, 6.07) is 3.23. The van der Waals surface area contributed by atoms with Crippen LogP contribution in [-0.4, -0.2) is 28.2 Å². The summed E-state index contributed by atoms with van der Waals surface area (Å²) >= 11 is 1.44. The number of rotatable bonds is 5. The molecule has 1 aromatic heterocycles. The van der Waals surface area contributed by atoms with Gasteiger partial charge in [-0.1, -0.05) is 0 Å². The first-order chi connectivity index (χ1) is 8.61. The summed E-state index contributed by atoms with van der Waals surface area (Å²) < 4.78 is 0.812. The van der Waals surface area contributed by atoms with E-state index in [4.69, 9.17) is 5.11 Å². The number of fused-ring (bicyclic) bond motifs is 1. The van der Waals surface area contributed by atoms with Crippen molar-refractivity contribution in [2.45, 2.75) is 13.3 Å². The molecule has 0 atom stereocenters. The van der Waals surface area contributed by atoms with Crippen LogP contribution in [0.1, 0.15) is 11.4 Å². The Hall–Kier alpha value is -1.73. The molecular weight excluding hydrogens is 254 g/mol. The number of nitrogens with one attached hydrogen (secondary N) is 1. The summed E-state index contributed by atoms with van der Waals surface area (Å²) in [7, 11) is 0. The number of anilines is 1. The molecule has 96 valence electrons. The Morgan fingerprint density at radius 2 is 2.33 bits per heavy atom. The van der Waals surface area contributed by atoms with E-state index in [-0.39, 0.29) is 12.3 Å². The molecule has 0 aliphatic carbocycles. The van der Waals surface area contributed by atoms with E-state index in [9.17, 15) is 10.1 Å². The van der Waals surface area contributed by atoms with Crippen molar-refractivity contribution in [2.24, 2.45) is 0 Å². The van der Waals surface area contributed by atoms with Crippen LogP contribution in [0, 0.1) is 17.0 Å². The molecule has 2 rings (SSSR count). The second-order valence-electron chi connectivity index (χ2n) is 3.83. The highest BCUT2D eigenvalue weighted by Gasteiger charge is 2.16. The van der Waals surface area contributed by atoms with Crippen molar-refractivity contribution in [3.63, 3.8) is 0 Å². The van der Waals surface area contributed by atoms with Crippen LogP contribution in [0.4, 0.5) is 11.4 Å². The lowest BCUT2D eigenvalue weighted by Crippen LogP contribution is -2.05. The summed E-state index contributed by atoms with van der Waals surface area (Å²) in [6.07, 6.45) is 0.547. The molecule has 6 nitrogen and oxygen atoms in total. The van der Waals surface area contributed by atoms with Gasteiger partial charge in [0.2, 0.25) is 0 Å². The molecule has 0 saturated carbocycles. The number of nitrogens with zero attached hydrogens (tertiary/aromatic N) is 2. The van der Waals surface area contributed by atoms with Gasteiger partial charge in [-0.25, -0.2) is 4.98 Å². The lowest BCUT2D eigenvalue weighted by atomic mass is 10.2. The minimum Gasteiger partial charge on any atom is -0.396 e. The number of aromatic nitrogens is 1. The molecule has 0 aliphatic rings. The predicted octanol–water partition coefficient (Wildman–Crippen LogP) is 2.31. The Kier molecular flexibility index (Phi) is 3.73. The van der Waals surface area contributed by atoms with Gasteiger partial charge in [-0.05, 0) is 19.4 Å². The molecule has 0 fully saturated rings. The molecular formula is C11H13N3O3S. The van der Waals surface area contributed by atoms with Crippen molar-refractivity contribution in [1.29, 1.82) is 0 Å². The fourth-order valence-electron chi connectivity index (χ4n) is 1.67. The van der Waals surface area contributed by atoms with Crippen LogP contribution in [0.2, 0.25) is 0 Å². The first-order valence-electron chi connectivity index (χ1n) is 5.52. The predicted molar refractivity (Wildman–Crippen MR) is 71.2 cm³/mol. The zero-order valence-corrected chi connectivity index (χ0v) is 10.7. The maximum absolute atomic E-state index is 11.0. The smallest absolute Gasteiger partial charge is 0.293 e. The average Bonchev–Trinajstić information content (AvgIpc) is 2.67. The molecule has 0 radical (unpaired) electrons. The van der Waals surface area contributed by atoms with Crippen molar-refractivity contribution in [2.75, 3.05) is 18.5 Å². The molecule has 7 heteroatoms. The van der Waals surface area contributed by atoms with Gasteiger partial charge in [-0.2, -0.15) is 0 Å². The van der Waals surface area contributed by atoms with Crippen LogP contribution >= 0.6 is 11.3 Å². The fourth-order valence-corrected chi connectivity index (χ4v) is 2.52. The number of hydrogen-bond acceptors (Lipinski definition) is 6. The lowest BCUT2D eigenvalue weighted by molar-refractivity contribution is -0.383. The van der Waals surface area contributed by atoms with Crippen molar-refractivity contribution >= 4 is 32.9 Å². The van der Waals surface area contributed by atoms with Gasteiger partial charge in [0.1, 0.15) is 5.69 Å². The number of aliphatic hydroxyl groups is 1. The zero-order valence-electron chi connectivity index (χ0n) is 9.84. The highest BCUT2D eigenvalue weighted by atomic mass is 32.1. The molecule has 0 spiro atoms. The number of thiazole rings is 1. The average molecular weight is 267 g/mol. The summed E-state index contributed by atoms with van der Waals surface area (Å²) in [4.78, 5) is 14.9. The third-order valence-electron chi connectivity index (χ3n) is 2.46. The SMILES string of the molecule is Cc1nc2cc(NCCCO)c([N+](=O)[O-])cc2s1. The highest BCUT2D eigenvalue weighted by molar-refractivity contribution is 7.18. The van der Waals surface area contributed by atoms with E-state index in [0.717, 1.165) is 15.2 Å². The second-order valence-corrected chi connectivity index (χ2v) is 5.07. The summed E-state index contributed by atoms with van der Waals surface area (Å²) in [5.41, 5.74) is 1.25. The molecule has 2 N–H and O–H groups in total. The fraction of sp³-hybridized carbons (Fsp3) is 0.364. The first-order valence-corrected chi connectivity index (χ1v) is 6.34. The quantitative estimate of drug-likeness (QED) is 0.493. The molecule has 1 heterocycles.